The molecule has 0 saturated carbocycles. The van der Waals surface area contributed by atoms with Gasteiger partial charge in [-0.1, -0.05) is 5.16 Å². The summed E-state index contributed by atoms with van der Waals surface area (Å²) in [6.07, 6.45) is 7.86. The van der Waals surface area contributed by atoms with Crippen molar-refractivity contribution in [3.63, 3.8) is 0 Å². The Bertz CT molecular complexity index is 756. The highest BCUT2D eigenvalue weighted by Crippen LogP contribution is 2.28. The second kappa shape index (κ2) is 8.73. The fourth-order valence-electron chi connectivity index (χ4n) is 4.40. The van der Waals surface area contributed by atoms with Gasteiger partial charge in [0.25, 0.3) is 0 Å². The van der Waals surface area contributed by atoms with E-state index in [-0.39, 0.29) is 18.4 Å². The van der Waals surface area contributed by atoms with Crippen LogP contribution in [0, 0.1) is 5.92 Å². The van der Waals surface area contributed by atoms with Gasteiger partial charge < -0.3 is 14.7 Å². The first kappa shape index (κ1) is 19.6. The number of piperidine rings is 1. The molecule has 3 aliphatic rings. The monoisotopic (exact) mass is 405 g/mol. The molecule has 0 amide bonds. The second-order valence-corrected chi connectivity index (χ2v) is 7.85. The lowest BCUT2D eigenvalue weighted by atomic mass is 9.95. The van der Waals surface area contributed by atoms with Gasteiger partial charge in [-0.15, -0.1) is 12.4 Å². The zero-order valence-corrected chi connectivity index (χ0v) is 16.7. The van der Waals surface area contributed by atoms with Crippen LogP contribution in [0.15, 0.2) is 22.9 Å². The van der Waals surface area contributed by atoms with Gasteiger partial charge in [-0.2, -0.15) is 4.98 Å². The minimum absolute atomic E-state index is 0. The van der Waals surface area contributed by atoms with Crippen LogP contribution >= 0.6 is 12.4 Å². The second-order valence-electron chi connectivity index (χ2n) is 7.85. The van der Waals surface area contributed by atoms with E-state index in [4.69, 9.17) is 4.52 Å². The molecule has 3 aliphatic heterocycles. The molecule has 5 heterocycles. The highest BCUT2D eigenvalue weighted by Gasteiger charge is 2.35. The predicted molar refractivity (Wildman–Crippen MR) is 109 cm³/mol. The van der Waals surface area contributed by atoms with Gasteiger partial charge in [0.1, 0.15) is 11.9 Å². The van der Waals surface area contributed by atoms with Crippen LogP contribution in [0.4, 0.5) is 5.82 Å². The first-order chi connectivity index (χ1) is 13.4. The Morgan fingerprint density at radius 2 is 2.00 bits per heavy atom. The molecule has 0 radical (unpaired) electrons. The third-order valence-electron chi connectivity index (χ3n) is 6.03. The number of hydrogen-bond donors (Lipinski definition) is 3. The van der Waals surface area contributed by atoms with E-state index in [1.165, 1.54) is 25.7 Å². The standard InChI is InChI=1S/C19H27N7O.ClH/c1-2-8-26(9-3-1)17-5-4-14(12-21-17)18-22-19(27-25-18)16-10-15(23-24-16)13-6-7-20-11-13;/h4-5,12-13,15-16,20,23-24H,1-3,6-11H2;1H. The third-order valence-corrected chi connectivity index (χ3v) is 6.03. The summed E-state index contributed by atoms with van der Waals surface area (Å²) < 4.78 is 5.54. The molecule has 0 aromatic carbocycles. The lowest BCUT2D eigenvalue weighted by Gasteiger charge is -2.27. The van der Waals surface area contributed by atoms with Gasteiger partial charge in [-0.05, 0) is 63.2 Å². The van der Waals surface area contributed by atoms with Crippen LogP contribution in [0.1, 0.15) is 44.0 Å². The molecule has 0 bridgehead atoms. The molecule has 3 N–H and O–H groups in total. The molecule has 28 heavy (non-hydrogen) atoms. The van der Waals surface area contributed by atoms with Crippen LogP contribution in [-0.4, -0.2) is 47.3 Å². The van der Waals surface area contributed by atoms with Gasteiger partial charge in [0.2, 0.25) is 11.7 Å². The summed E-state index contributed by atoms with van der Waals surface area (Å²) in [4.78, 5) is 11.6. The molecule has 2 aromatic rings. The number of nitrogens with one attached hydrogen (secondary N) is 3. The summed E-state index contributed by atoms with van der Waals surface area (Å²) in [5, 5.41) is 7.60. The molecule has 3 fully saturated rings. The van der Waals surface area contributed by atoms with E-state index in [9.17, 15) is 0 Å². The molecule has 3 saturated heterocycles. The molecule has 8 nitrogen and oxygen atoms in total. The maximum atomic E-state index is 5.54. The zero-order valence-electron chi connectivity index (χ0n) is 15.9. The van der Waals surface area contributed by atoms with Crippen molar-refractivity contribution in [1.29, 1.82) is 0 Å². The fourth-order valence-corrected chi connectivity index (χ4v) is 4.40. The summed E-state index contributed by atoms with van der Waals surface area (Å²) in [5.74, 6) is 2.95. The van der Waals surface area contributed by atoms with E-state index in [0.29, 0.717) is 23.7 Å². The van der Waals surface area contributed by atoms with Gasteiger partial charge in [0.05, 0.1) is 0 Å². The van der Waals surface area contributed by atoms with Gasteiger partial charge in [0, 0.05) is 30.9 Å². The molecule has 0 spiro atoms. The Morgan fingerprint density at radius 1 is 1.11 bits per heavy atom. The van der Waals surface area contributed by atoms with E-state index in [2.05, 4.69) is 42.3 Å². The predicted octanol–water partition coefficient (Wildman–Crippen LogP) is 2.06. The molecule has 0 aliphatic carbocycles. The van der Waals surface area contributed by atoms with Crippen LogP contribution in [0.3, 0.4) is 0 Å². The molecule has 3 unspecified atom stereocenters. The first-order valence-electron chi connectivity index (χ1n) is 10.1. The lowest BCUT2D eigenvalue weighted by Crippen LogP contribution is -2.36. The van der Waals surface area contributed by atoms with E-state index in [1.807, 2.05) is 12.3 Å². The zero-order chi connectivity index (χ0) is 18.1. The molecule has 9 heteroatoms. The average Bonchev–Trinajstić information content (AvgIpc) is 3.49. The van der Waals surface area contributed by atoms with Gasteiger partial charge in [0.15, 0.2) is 0 Å². The first-order valence-corrected chi connectivity index (χ1v) is 10.1. The quantitative estimate of drug-likeness (QED) is 0.712. The Hall–Kier alpha value is -1.74. The van der Waals surface area contributed by atoms with Crippen molar-refractivity contribution in [3.8, 4) is 11.4 Å². The van der Waals surface area contributed by atoms with E-state index in [1.54, 1.807) is 0 Å². The lowest BCUT2D eigenvalue weighted by molar-refractivity contribution is 0.339. The smallest absolute Gasteiger partial charge is 0.245 e. The number of rotatable bonds is 4. The van der Waals surface area contributed by atoms with Gasteiger partial charge in [-0.25, -0.2) is 10.4 Å². The molecule has 2 aromatic heterocycles. The number of aromatic nitrogens is 3. The number of anilines is 1. The number of hydrazine groups is 1. The minimum Gasteiger partial charge on any atom is -0.357 e. The van der Waals surface area contributed by atoms with E-state index < -0.39 is 0 Å². The van der Waals surface area contributed by atoms with Crippen LogP contribution in [0.5, 0.6) is 0 Å². The summed E-state index contributed by atoms with van der Waals surface area (Å²) in [5.41, 5.74) is 7.62. The van der Waals surface area contributed by atoms with E-state index in [0.717, 1.165) is 44.0 Å². The minimum atomic E-state index is 0. The van der Waals surface area contributed by atoms with Gasteiger partial charge in [-0.3, -0.25) is 5.43 Å². The van der Waals surface area contributed by atoms with Crippen molar-refractivity contribution < 1.29 is 4.52 Å². The number of hydrogen-bond acceptors (Lipinski definition) is 8. The van der Waals surface area contributed by atoms with Crippen molar-refractivity contribution >= 4 is 18.2 Å². The molecule has 152 valence electrons. The average molecular weight is 406 g/mol. The van der Waals surface area contributed by atoms with Crippen molar-refractivity contribution in [2.75, 3.05) is 31.1 Å². The van der Waals surface area contributed by atoms with Crippen LogP contribution in [0.25, 0.3) is 11.4 Å². The topological polar surface area (TPSA) is 91.1 Å². The van der Waals surface area contributed by atoms with Crippen LogP contribution < -0.4 is 21.1 Å². The SMILES string of the molecule is Cl.c1cc(N2CCCCC2)ncc1-c1noc(C2CC(C3CCNC3)NN2)n1. The molecular weight excluding hydrogens is 378 g/mol. The largest absolute Gasteiger partial charge is 0.357 e. The van der Waals surface area contributed by atoms with Crippen molar-refractivity contribution in [2.45, 2.75) is 44.2 Å². The van der Waals surface area contributed by atoms with Crippen LogP contribution in [-0.2, 0) is 0 Å². The molecule has 3 atom stereocenters. The summed E-state index contributed by atoms with van der Waals surface area (Å²) in [6.45, 7) is 4.38. The number of halogens is 1. The highest BCUT2D eigenvalue weighted by molar-refractivity contribution is 5.85. The maximum Gasteiger partial charge on any atom is 0.245 e. The van der Waals surface area contributed by atoms with Crippen LogP contribution in [0.2, 0.25) is 0 Å². The number of pyridine rings is 1. The Morgan fingerprint density at radius 3 is 2.75 bits per heavy atom. The molecule has 5 rings (SSSR count). The molecular formula is C19H28ClN7O. The fraction of sp³-hybridized carbons (Fsp3) is 0.632. The number of nitrogens with zero attached hydrogens (tertiary/aromatic N) is 4. The third kappa shape index (κ3) is 4.00. The Balaban J connectivity index is 0.00000192. The normalized spacial score (nSPS) is 27.7. The van der Waals surface area contributed by atoms with Gasteiger partial charge >= 0.3 is 0 Å². The van der Waals surface area contributed by atoms with Crippen molar-refractivity contribution in [2.24, 2.45) is 5.92 Å². The summed E-state index contributed by atoms with van der Waals surface area (Å²) in [7, 11) is 0. The Kier molecular flexibility index (Phi) is 6.10. The van der Waals surface area contributed by atoms with E-state index >= 15 is 0 Å². The Labute approximate surface area is 171 Å². The summed E-state index contributed by atoms with van der Waals surface area (Å²) >= 11 is 0. The maximum absolute atomic E-state index is 5.54. The summed E-state index contributed by atoms with van der Waals surface area (Å²) in [6, 6.07) is 4.62. The van der Waals surface area contributed by atoms with Crippen molar-refractivity contribution in [3.05, 3.63) is 24.2 Å². The van der Waals surface area contributed by atoms with Crippen molar-refractivity contribution in [1.82, 2.24) is 31.3 Å². The highest BCUT2D eigenvalue weighted by atomic mass is 35.5.